The number of nitrogens with zero attached hydrogens (tertiary/aromatic N) is 2. The van der Waals surface area contributed by atoms with E-state index in [1.54, 1.807) is 6.20 Å². The van der Waals surface area contributed by atoms with Crippen LogP contribution in [0.15, 0.2) is 24.4 Å². The van der Waals surface area contributed by atoms with Gasteiger partial charge in [0.2, 0.25) is 0 Å². The van der Waals surface area contributed by atoms with Gasteiger partial charge in [-0.25, -0.2) is 0 Å². The molecule has 0 aromatic carbocycles. The first-order valence-electron chi connectivity index (χ1n) is 5.87. The molecular weight excluding hydrogens is 212 g/mol. The molecule has 0 aliphatic carbocycles. The highest BCUT2D eigenvalue weighted by Crippen LogP contribution is 2.26. The van der Waals surface area contributed by atoms with Gasteiger partial charge in [-0.2, -0.15) is 5.10 Å². The van der Waals surface area contributed by atoms with E-state index in [2.05, 4.69) is 34.3 Å². The molecule has 2 aromatic heterocycles. The van der Waals surface area contributed by atoms with Crippen molar-refractivity contribution in [1.29, 1.82) is 0 Å². The van der Waals surface area contributed by atoms with Crippen LogP contribution in [0.4, 0.5) is 0 Å². The van der Waals surface area contributed by atoms with Crippen molar-refractivity contribution >= 4 is 0 Å². The first-order chi connectivity index (χ1) is 8.24. The standard InChI is InChI=1S/C13H18N4/c1-9(2)12-10(8-14-3)13(17-16-12)11-6-4-5-7-15-11/h4-7,9,14H,8H2,1-3H3,(H,16,17). The van der Waals surface area contributed by atoms with Crippen LogP contribution >= 0.6 is 0 Å². The highest BCUT2D eigenvalue weighted by Gasteiger charge is 2.16. The average molecular weight is 230 g/mol. The van der Waals surface area contributed by atoms with Crippen molar-refractivity contribution < 1.29 is 0 Å². The number of aromatic amines is 1. The Morgan fingerprint density at radius 2 is 2.18 bits per heavy atom. The number of aromatic nitrogens is 3. The maximum absolute atomic E-state index is 4.40. The Balaban J connectivity index is 2.47. The minimum Gasteiger partial charge on any atom is -0.316 e. The zero-order valence-electron chi connectivity index (χ0n) is 10.5. The van der Waals surface area contributed by atoms with Gasteiger partial charge in [0, 0.05) is 24.0 Å². The summed E-state index contributed by atoms with van der Waals surface area (Å²) >= 11 is 0. The molecule has 0 bridgehead atoms. The normalized spacial score (nSPS) is 11.1. The average Bonchev–Trinajstić information content (AvgIpc) is 2.75. The second-order valence-corrected chi connectivity index (χ2v) is 4.36. The zero-order chi connectivity index (χ0) is 12.3. The third-order valence-corrected chi connectivity index (χ3v) is 2.74. The van der Waals surface area contributed by atoms with Crippen molar-refractivity contribution in [2.75, 3.05) is 7.05 Å². The van der Waals surface area contributed by atoms with Gasteiger partial charge in [0.25, 0.3) is 0 Å². The van der Waals surface area contributed by atoms with E-state index in [0.717, 1.165) is 17.9 Å². The summed E-state index contributed by atoms with van der Waals surface area (Å²) in [6.45, 7) is 5.12. The molecule has 4 heteroatoms. The molecule has 0 spiro atoms. The lowest BCUT2D eigenvalue weighted by Gasteiger charge is -2.07. The van der Waals surface area contributed by atoms with Gasteiger partial charge in [-0.05, 0) is 25.1 Å². The second kappa shape index (κ2) is 5.10. The molecule has 0 saturated carbocycles. The lowest BCUT2D eigenvalue weighted by atomic mass is 10.0. The van der Waals surface area contributed by atoms with Crippen molar-refractivity contribution in [2.45, 2.75) is 26.3 Å². The van der Waals surface area contributed by atoms with Crippen LogP contribution in [-0.2, 0) is 6.54 Å². The van der Waals surface area contributed by atoms with Crippen molar-refractivity contribution in [2.24, 2.45) is 0 Å². The monoisotopic (exact) mass is 230 g/mol. The fourth-order valence-corrected chi connectivity index (χ4v) is 1.93. The second-order valence-electron chi connectivity index (χ2n) is 4.36. The zero-order valence-corrected chi connectivity index (χ0v) is 10.5. The largest absolute Gasteiger partial charge is 0.316 e. The molecule has 90 valence electrons. The van der Waals surface area contributed by atoms with Crippen molar-refractivity contribution in [3.05, 3.63) is 35.7 Å². The molecule has 0 radical (unpaired) electrons. The predicted molar refractivity (Wildman–Crippen MR) is 68.7 cm³/mol. The van der Waals surface area contributed by atoms with E-state index in [1.165, 1.54) is 11.3 Å². The number of hydrogen-bond acceptors (Lipinski definition) is 3. The fraction of sp³-hybridized carbons (Fsp3) is 0.385. The Labute approximate surface area is 101 Å². The predicted octanol–water partition coefficient (Wildman–Crippen LogP) is 2.31. The van der Waals surface area contributed by atoms with E-state index in [9.17, 15) is 0 Å². The molecular formula is C13H18N4. The first-order valence-corrected chi connectivity index (χ1v) is 5.87. The summed E-state index contributed by atoms with van der Waals surface area (Å²) in [7, 11) is 1.94. The molecule has 2 rings (SSSR count). The van der Waals surface area contributed by atoms with Gasteiger partial charge in [0.05, 0.1) is 5.69 Å². The Morgan fingerprint density at radius 1 is 1.35 bits per heavy atom. The quantitative estimate of drug-likeness (QED) is 0.847. The third kappa shape index (κ3) is 2.36. The molecule has 4 nitrogen and oxygen atoms in total. The highest BCUT2D eigenvalue weighted by atomic mass is 15.1. The van der Waals surface area contributed by atoms with Gasteiger partial charge in [0.15, 0.2) is 0 Å². The summed E-state index contributed by atoms with van der Waals surface area (Å²) in [5, 5.41) is 10.7. The van der Waals surface area contributed by atoms with Crippen LogP contribution in [0.25, 0.3) is 11.4 Å². The van der Waals surface area contributed by atoms with Gasteiger partial charge in [-0.15, -0.1) is 0 Å². The van der Waals surface area contributed by atoms with E-state index in [4.69, 9.17) is 0 Å². The molecule has 0 saturated heterocycles. The van der Waals surface area contributed by atoms with Crippen LogP contribution in [0.3, 0.4) is 0 Å². The SMILES string of the molecule is CNCc1c(-c2ccccn2)n[nH]c1C(C)C. The number of nitrogens with one attached hydrogen (secondary N) is 2. The number of pyridine rings is 1. The van der Waals surface area contributed by atoms with Crippen LogP contribution in [0.5, 0.6) is 0 Å². The number of rotatable bonds is 4. The fourth-order valence-electron chi connectivity index (χ4n) is 1.93. The summed E-state index contributed by atoms with van der Waals surface area (Å²) in [6, 6.07) is 5.88. The summed E-state index contributed by atoms with van der Waals surface area (Å²) in [5.74, 6) is 0.434. The van der Waals surface area contributed by atoms with Gasteiger partial charge in [-0.3, -0.25) is 10.1 Å². The van der Waals surface area contributed by atoms with Gasteiger partial charge in [-0.1, -0.05) is 19.9 Å². The summed E-state index contributed by atoms with van der Waals surface area (Å²) < 4.78 is 0. The maximum Gasteiger partial charge on any atom is 0.115 e. The molecule has 2 N–H and O–H groups in total. The minimum absolute atomic E-state index is 0.434. The van der Waals surface area contributed by atoms with Crippen molar-refractivity contribution in [1.82, 2.24) is 20.5 Å². The minimum atomic E-state index is 0.434. The Morgan fingerprint density at radius 3 is 2.76 bits per heavy atom. The number of hydrogen-bond donors (Lipinski definition) is 2. The molecule has 2 heterocycles. The van der Waals surface area contributed by atoms with Crippen LogP contribution in [0, 0.1) is 0 Å². The molecule has 0 unspecified atom stereocenters. The molecule has 2 aromatic rings. The van der Waals surface area contributed by atoms with E-state index in [-0.39, 0.29) is 0 Å². The van der Waals surface area contributed by atoms with E-state index in [0.29, 0.717) is 5.92 Å². The van der Waals surface area contributed by atoms with Gasteiger partial charge in [0.1, 0.15) is 5.69 Å². The maximum atomic E-state index is 4.40. The summed E-state index contributed by atoms with van der Waals surface area (Å²) in [4.78, 5) is 4.35. The molecule has 0 aliphatic heterocycles. The molecule has 0 atom stereocenters. The van der Waals surface area contributed by atoms with Crippen molar-refractivity contribution in [3.63, 3.8) is 0 Å². The van der Waals surface area contributed by atoms with Crippen LogP contribution in [0.1, 0.15) is 31.0 Å². The lowest BCUT2D eigenvalue weighted by Crippen LogP contribution is -2.08. The first kappa shape index (κ1) is 11.8. The Kier molecular flexibility index (Phi) is 3.54. The molecule has 0 amide bonds. The Hall–Kier alpha value is -1.68. The lowest BCUT2D eigenvalue weighted by molar-refractivity contribution is 0.760. The van der Waals surface area contributed by atoms with E-state index >= 15 is 0 Å². The summed E-state index contributed by atoms with van der Waals surface area (Å²) in [6.07, 6.45) is 1.79. The highest BCUT2D eigenvalue weighted by molar-refractivity contribution is 5.60. The Bertz CT molecular complexity index is 473. The van der Waals surface area contributed by atoms with E-state index < -0.39 is 0 Å². The molecule has 17 heavy (non-hydrogen) atoms. The van der Waals surface area contributed by atoms with Crippen LogP contribution in [0.2, 0.25) is 0 Å². The van der Waals surface area contributed by atoms with Gasteiger partial charge < -0.3 is 5.32 Å². The summed E-state index contributed by atoms with van der Waals surface area (Å²) in [5.41, 5.74) is 4.26. The molecule has 0 fully saturated rings. The molecule has 0 aliphatic rings. The van der Waals surface area contributed by atoms with Crippen molar-refractivity contribution in [3.8, 4) is 11.4 Å². The van der Waals surface area contributed by atoms with Gasteiger partial charge >= 0.3 is 0 Å². The van der Waals surface area contributed by atoms with Crippen LogP contribution < -0.4 is 5.32 Å². The third-order valence-electron chi connectivity index (χ3n) is 2.74. The van der Waals surface area contributed by atoms with Crippen LogP contribution in [-0.4, -0.2) is 22.2 Å². The smallest absolute Gasteiger partial charge is 0.115 e. The van der Waals surface area contributed by atoms with E-state index in [1.807, 2.05) is 25.2 Å². The number of H-pyrrole nitrogens is 1. The topological polar surface area (TPSA) is 53.6 Å².